The van der Waals surface area contributed by atoms with E-state index in [1.165, 1.54) is 11.3 Å². The van der Waals surface area contributed by atoms with Gasteiger partial charge in [0, 0.05) is 44.4 Å². The second-order valence-corrected chi connectivity index (χ2v) is 7.28. The quantitative estimate of drug-likeness (QED) is 0.308. The summed E-state index contributed by atoms with van der Waals surface area (Å²) in [7, 11) is 1.77. The fourth-order valence-electron chi connectivity index (χ4n) is 3.54. The lowest BCUT2D eigenvalue weighted by Crippen LogP contribution is -2.36. The van der Waals surface area contributed by atoms with Crippen LogP contribution in [0.4, 0.5) is 5.69 Å². The van der Waals surface area contributed by atoms with Crippen LogP contribution < -0.4 is 15.5 Å². The lowest BCUT2D eigenvalue weighted by Gasteiger charge is -2.28. The van der Waals surface area contributed by atoms with Gasteiger partial charge in [0.25, 0.3) is 0 Å². The largest absolute Gasteiger partial charge is 0.378 e. The van der Waals surface area contributed by atoms with E-state index >= 15 is 0 Å². The Kier molecular flexibility index (Phi) is 10.4. The second kappa shape index (κ2) is 12.8. The van der Waals surface area contributed by atoms with Gasteiger partial charge in [0.05, 0.1) is 25.5 Å². The number of rotatable bonds is 8. The molecule has 7 nitrogen and oxygen atoms in total. The molecule has 30 heavy (non-hydrogen) atoms. The molecule has 0 amide bonds. The number of anilines is 1. The molecule has 1 fully saturated rings. The Morgan fingerprint density at radius 3 is 2.40 bits per heavy atom. The third-order valence-corrected chi connectivity index (χ3v) is 5.41. The molecule has 2 aromatic rings. The van der Waals surface area contributed by atoms with Crippen molar-refractivity contribution < 1.29 is 9.26 Å². The minimum absolute atomic E-state index is 0. The van der Waals surface area contributed by atoms with Crippen LogP contribution in [0.3, 0.4) is 0 Å². The van der Waals surface area contributed by atoms with Crippen molar-refractivity contribution in [2.24, 2.45) is 4.99 Å². The molecule has 0 bridgehead atoms. The van der Waals surface area contributed by atoms with E-state index in [0.29, 0.717) is 19.0 Å². The van der Waals surface area contributed by atoms with E-state index in [1.807, 2.05) is 6.07 Å². The number of halogens is 1. The highest BCUT2D eigenvalue weighted by molar-refractivity contribution is 14.0. The van der Waals surface area contributed by atoms with Crippen LogP contribution in [-0.4, -0.2) is 44.5 Å². The molecule has 2 heterocycles. The van der Waals surface area contributed by atoms with Gasteiger partial charge in [0.2, 0.25) is 0 Å². The third-order valence-electron chi connectivity index (χ3n) is 5.41. The summed E-state index contributed by atoms with van der Waals surface area (Å²) in [6, 6.07) is 10.7. The number of guanidine groups is 1. The molecule has 1 saturated heterocycles. The average Bonchev–Trinajstić information content (AvgIpc) is 3.24. The Balaban J connectivity index is 0.00000320. The molecule has 1 aromatic heterocycles. The molecule has 0 aliphatic carbocycles. The third kappa shape index (κ3) is 6.87. The number of hydrogen-bond acceptors (Lipinski definition) is 5. The highest BCUT2D eigenvalue weighted by Crippen LogP contribution is 2.22. The van der Waals surface area contributed by atoms with Gasteiger partial charge >= 0.3 is 0 Å². The van der Waals surface area contributed by atoms with Crippen molar-refractivity contribution >= 4 is 35.6 Å². The van der Waals surface area contributed by atoms with E-state index in [4.69, 9.17) is 9.26 Å². The normalized spacial score (nSPS) is 14.5. The van der Waals surface area contributed by atoms with Gasteiger partial charge in [-0.05, 0) is 30.5 Å². The van der Waals surface area contributed by atoms with Crippen molar-refractivity contribution in [1.29, 1.82) is 0 Å². The van der Waals surface area contributed by atoms with E-state index < -0.39 is 0 Å². The molecule has 8 heteroatoms. The molecule has 1 aliphatic heterocycles. The zero-order valence-electron chi connectivity index (χ0n) is 18.2. The summed E-state index contributed by atoms with van der Waals surface area (Å²) in [6.07, 6.45) is 2.15. The van der Waals surface area contributed by atoms with Crippen LogP contribution in [0, 0.1) is 0 Å². The number of nitrogens with zero attached hydrogens (tertiary/aromatic N) is 3. The first-order valence-electron chi connectivity index (χ1n) is 10.5. The molecule has 3 rings (SSSR count). The van der Waals surface area contributed by atoms with Crippen LogP contribution in [0.2, 0.25) is 0 Å². The summed E-state index contributed by atoms with van der Waals surface area (Å²) in [6.45, 7) is 9.13. The van der Waals surface area contributed by atoms with Crippen LogP contribution in [-0.2, 0) is 17.8 Å². The van der Waals surface area contributed by atoms with Crippen molar-refractivity contribution in [2.75, 3.05) is 38.3 Å². The Hall–Kier alpha value is -1.81. The standard InChI is InChI=1S/C22H33N5O2.HI/c1-4-18(5-2)21-14-20(29-26-21)16-25-22(23-3)24-15-17-6-8-19(9-7-17)27-10-12-28-13-11-27;/h6-9,14,18H,4-5,10-13,15-16H2,1-3H3,(H2,23,24,25);1H. The lowest BCUT2D eigenvalue weighted by molar-refractivity contribution is 0.122. The van der Waals surface area contributed by atoms with Crippen LogP contribution >= 0.6 is 24.0 Å². The van der Waals surface area contributed by atoms with Crippen molar-refractivity contribution in [3.63, 3.8) is 0 Å². The lowest BCUT2D eigenvalue weighted by atomic mass is 9.99. The van der Waals surface area contributed by atoms with Gasteiger partial charge in [0.15, 0.2) is 11.7 Å². The van der Waals surface area contributed by atoms with Crippen LogP contribution in [0.25, 0.3) is 0 Å². The molecule has 2 N–H and O–H groups in total. The van der Waals surface area contributed by atoms with Crippen molar-refractivity contribution in [3.05, 3.63) is 47.3 Å². The van der Waals surface area contributed by atoms with Gasteiger partial charge in [-0.2, -0.15) is 0 Å². The number of aromatic nitrogens is 1. The van der Waals surface area contributed by atoms with Gasteiger partial charge in [-0.1, -0.05) is 31.1 Å². The first kappa shape index (κ1) is 24.5. The maximum atomic E-state index is 5.47. The van der Waals surface area contributed by atoms with Crippen molar-refractivity contribution in [2.45, 2.75) is 45.7 Å². The molecule has 1 aromatic carbocycles. The highest BCUT2D eigenvalue weighted by Gasteiger charge is 2.13. The van der Waals surface area contributed by atoms with E-state index in [1.54, 1.807) is 7.05 Å². The molecule has 0 radical (unpaired) electrons. The summed E-state index contributed by atoms with van der Waals surface area (Å²) >= 11 is 0. The van der Waals surface area contributed by atoms with Gasteiger partial charge in [-0.15, -0.1) is 24.0 Å². The molecular formula is C22H34IN5O2. The Bertz CT molecular complexity index is 768. The van der Waals surface area contributed by atoms with Gasteiger partial charge < -0.3 is 24.8 Å². The molecule has 0 atom stereocenters. The van der Waals surface area contributed by atoms with Gasteiger partial charge in [-0.3, -0.25) is 4.99 Å². The van der Waals surface area contributed by atoms with Crippen LogP contribution in [0.5, 0.6) is 0 Å². The van der Waals surface area contributed by atoms with Crippen LogP contribution in [0.1, 0.15) is 49.6 Å². The predicted octanol–water partition coefficient (Wildman–Crippen LogP) is 3.90. The summed E-state index contributed by atoms with van der Waals surface area (Å²) < 4.78 is 10.9. The minimum Gasteiger partial charge on any atom is -0.378 e. The van der Waals surface area contributed by atoms with Gasteiger partial charge in [0.1, 0.15) is 0 Å². The molecule has 166 valence electrons. The minimum atomic E-state index is 0. The number of nitrogens with one attached hydrogen (secondary N) is 2. The van der Waals surface area contributed by atoms with E-state index in [9.17, 15) is 0 Å². The first-order valence-corrected chi connectivity index (χ1v) is 10.5. The molecule has 1 aliphatic rings. The number of aliphatic imine (C=N–C) groups is 1. The molecule has 0 saturated carbocycles. The zero-order chi connectivity index (χ0) is 20.5. The fraction of sp³-hybridized carbons (Fsp3) is 0.545. The second-order valence-electron chi connectivity index (χ2n) is 7.28. The Labute approximate surface area is 196 Å². The maximum absolute atomic E-state index is 5.47. The topological polar surface area (TPSA) is 74.9 Å². The zero-order valence-corrected chi connectivity index (χ0v) is 20.5. The molecular weight excluding hydrogens is 493 g/mol. The number of hydrogen-bond donors (Lipinski definition) is 2. The summed E-state index contributed by atoms with van der Waals surface area (Å²) in [5.74, 6) is 2.03. The summed E-state index contributed by atoms with van der Waals surface area (Å²) in [5.41, 5.74) is 3.49. The number of morpholine rings is 1. The Morgan fingerprint density at radius 2 is 1.77 bits per heavy atom. The summed E-state index contributed by atoms with van der Waals surface area (Å²) in [4.78, 5) is 6.65. The van der Waals surface area contributed by atoms with Crippen LogP contribution in [0.15, 0.2) is 39.8 Å². The Morgan fingerprint density at radius 1 is 1.10 bits per heavy atom. The average molecular weight is 527 g/mol. The van der Waals surface area contributed by atoms with E-state index in [-0.39, 0.29) is 24.0 Å². The predicted molar refractivity (Wildman–Crippen MR) is 132 cm³/mol. The van der Waals surface area contributed by atoms with Gasteiger partial charge in [-0.25, -0.2) is 0 Å². The smallest absolute Gasteiger partial charge is 0.191 e. The van der Waals surface area contributed by atoms with Crippen molar-refractivity contribution in [1.82, 2.24) is 15.8 Å². The summed E-state index contributed by atoms with van der Waals surface area (Å²) in [5, 5.41) is 10.9. The number of benzene rings is 1. The maximum Gasteiger partial charge on any atom is 0.191 e. The first-order chi connectivity index (χ1) is 14.2. The highest BCUT2D eigenvalue weighted by atomic mass is 127. The fourth-order valence-corrected chi connectivity index (χ4v) is 3.54. The number of ether oxygens (including phenoxy) is 1. The molecule has 0 unspecified atom stereocenters. The molecule has 0 spiro atoms. The van der Waals surface area contributed by atoms with Crippen molar-refractivity contribution in [3.8, 4) is 0 Å². The van der Waals surface area contributed by atoms with E-state index in [0.717, 1.165) is 56.6 Å². The van der Waals surface area contributed by atoms with E-state index in [2.05, 4.69) is 63.8 Å². The SMILES string of the molecule is CCC(CC)c1cc(CNC(=NC)NCc2ccc(N3CCOCC3)cc2)on1.I. The monoisotopic (exact) mass is 527 g/mol.